The van der Waals surface area contributed by atoms with Crippen LogP contribution in [-0.2, 0) is 9.16 Å². The van der Waals surface area contributed by atoms with Gasteiger partial charge in [0.15, 0.2) is 0 Å². The Labute approximate surface area is 129 Å². The summed E-state index contributed by atoms with van der Waals surface area (Å²) in [6.07, 6.45) is 8.36. The van der Waals surface area contributed by atoms with E-state index in [1.165, 1.54) is 24.8 Å². The number of rotatable bonds is 5. The summed E-state index contributed by atoms with van der Waals surface area (Å²) in [5.74, 6) is 1.75. The Hall–Kier alpha value is -1.06. The quantitative estimate of drug-likeness (QED) is 0.441. The summed E-state index contributed by atoms with van der Waals surface area (Å²) in [5, 5.41) is 0. The van der Waals surface area contributed by atoms with Gasteiger partial charge in [-0.2, -0.15) is 0 Å². The molecule has 0 unspecified atom stereocenters. The molecule has 2 aliphatic rings. The van der Waals surface area contributed by atoms with Gasteiger partial charge in [-0.3, -0.25) is 0 Å². The zero-order valence-electron chi connectivity index (χ0n) is 13.3. The molecule has 3 heteroatoms. The molecule has 0 amide bonds. The van der Waals surface area contributed by atoms with Gasteiger partial charge in [0, 0.05) is 5.56 Å². The van der Waals surface area contributed by atoms with Crippen molar-refractivity contribution in [3.05, 3.63) is 42.0 Å². The summed E-state index contributed by atoms with van der Waals surface area (Å²) < 4.78 is 12.1. The molecule has 1 aliphatic heterocycles. The normalized spacial score (nSPS) is 28.9. The third-order valence-corrected chi connectivity index (χ3v) is 5.06. The van der Waals surface area contributed by atoms with E-state index in [0.717, 1.165) is 12.2 Å². The van der Waals surface area contributed by atoms with E-state index in [4.69, 9.17) is 9.16 Å². The van der Waals surface area contributed by atoms with Gasteiger partial charge >= 0.3 is 0 Å². The highest BCUT2D eigenvalue weighted by Crippen LogP contribution is 2.42. The minimum atomic E-state index is -1.60. The van der Waals surface area contributed by atoms with Crippen LogP contribution in [-0.4, -0.2) is 20.5 Å². The highest BCUT2D eigenvalue weighted by atomic mass is 28.4. The van der Waals surface area contributed by atoms with Crippen LogP contribution in [0.15, 0.2) is 36.4 Å². The Morgan fingerprint density at radius 3 is 2.71 bits per heavy atom. The number of epoxide rings is 1. The summed E-state index contributed by atoms with van der Waals surface area (Å²) in [6, 6.07) is 10.5. The van der Waals surface area contributed by atoms with Crippen LogP contribution in [0.2, 0.25) is 19.6 Å². The maximum Gasteiger partial charge on any atom is 0.242 e. The van der Waals surface area contributed by atoms with E-state index in [9.17, 15) is 0 Å². The number of benzene rings is 1. The smallest absolute Gasteiger partial charge is 0.242 e. The average Bonchev–Trinajstić information content (AvgIpc) is 3.23. The topological polar surface area (TPSA) is 21.8 Å². The molecule has 2 nitrogen and oxygen atoms in total. The molecule has 2 fully saturated rings. The van der Waals surface area contributed by atoms with E-state index < -0.39 is 8.32 Å². The second-order valence-electron chi connectivity index (χ2n) is 7.21. The lowest BCUT2D eigenvalue weighted by atomic mass is 9.86. The van der Waals surface area contributed by atoms with Crippen LogP contribution in [0, 0.1) is 5.92 Å². The predicted molar refractivity (Wildman–Crippen MR) is 89.5 cm³/mol. The van der Waals surface area contributed by atoms with Crippen molar-refractivity contribution < 1.29 is 9.16 Å². The van der Waals surface area contributed by atoms with Gasteiger partial charge in [0.2, 0.25) is 8.32 Å². The van der Waals surface area contributed by atoms with Crippen LogP contribution in [0.1, 0.15) is 31.2 Å². The summed E-state index contributed by atoms with van der Waals surface area (Å²) >= 11 is 0. The number of allylic oxidation sites excluding steroid dienone is 1. The molecule has 0 bridgehead atoms. The SMILES string of the molecule is C[Si](C)(C)O/C(=C\C[C@H]1CCC[C@@H]2O[C@H]12)c1ccccc1. The zero-order chi connectivity index (χ0) is 14.9. The second kappa shape index (κ2) is 5.97. The number of hydrogen-bond acceptors (Lipinski definition) is 2. The molecular formula is C18H26O2Si. The highest BCUT2D eigenvalue weighted by Gasteiger charge is 2.46. The zero-order valence-corrected chi connectivity index (χ0v) is 14.3. The van der Waals surface area contributed by atoms with Gasteiger partial charge in [0.1, 0.15) is 5.76 Å². The second-order valence-corrected chi connectivity index (χ2v) is 11.6. The van der Waals surface area contributed by atoms with Crippen LogP contribution in [0.25, 0.3) is 5.76 Å². The minimum Gasteiger partial charge on any atom is -0.544 e. The van der Waals surface area contributed by atoms with Gasteiger partial charge < -0.3 is 9.16 Å². The molecule has 3 atom stereocenters. The van der Waals surface area contributed by atoms with Crippen LogP contribution >= 0.6 is 0 Å². The standard InChI is InChI=1S/C18H26O2Si/c1-21(2,3)20-16(14-8-5-4-6-9-14)13-12-15-10-7-11-17-18(15)19-17/h4-6,8-9,13,15,17-18H,7,10-12H2,1-3H3/b16-13-/t15-,17+,18-/m1/s1. The molecule has 114 valence electrons. The molecule has 0 N–H and O–H groups in total. The lowest BCUT2D eigenvalue weighted by Crippen LogP contribution is -2.24. The largest absolute Gasteiger partial charge is 0.544 e. The Morgan fingerprint density at radius 1 is 1.24 bits per heavy atom. The fraction of sp³-hybridized carbons (Fsp3) is 0.556. The monoisotopic (exact) mass is 302 g/mol. The maximum atomic E-state index is 6.32. The molecule has 0 spiro atoms. The van der Waals surface area contributed by atoms with Crippen molar-refractivity contribution in [2.24, 2.45) is 5.92 Å². The fourth-order valence-electron chi connectivity index (χ4n) is 3.21. The highest BCUT2D eigenvalue weighted by molar-refractivity contribution is 6.70. The molecule has 3 rings (SSSR count). The van der Waals surface area contributed by atoms with E-state index in [1.54, 1.807) is 0 Å². The minimum absolute atomic E-state index is 0.527. The van der Waals surface area contributed by atoms with E-state index >= 15 is 0 Å². The molecule has 1 saturated heterocycles. The van der Waals surface area contributed by atoms with E-state index in [0.29, 0.717) is 18.1 Å². The molecule has 1 aliphatic carbocycles. The van der Waals surface area contributed by atoms with Crippen molar-refractivity contribution >= 4 is 14.1 Å². The molecule has 1 heterocycles. The van der Waals surface area contributed by atoms with E-state index in [1.807, 2.05) is 0 Å². The fourth-order valence-corrected chi connectivity index (χ4v) is 4.07. The summed E-state index contributed by atoms with van der Waals surface area (Å²) in [4.78, 5) is 0. The number of hydrogen-bond donors (Lipinski definition) is 0. The molecule has 1 saturated carbocycles. The van der Waals surface area contributed by atoms with Crippen molar-refractivity contribution in [3.8, 4) is 0 Å². The first-order chi connectivity index (χ1) is 10.0. The first-order valence-electron chi connectivity index (χ1n) is 8.13. The van der Waals surface area contributed by atoms with Crippen molar-refractivity contribution in [1.29, 1.82) is 0 Å². The van der Waals surface area contributed by atoms with Gasteiger partial charge in [-0.25, -0.2) is 0 Å². The van der Waals surface area contributed by atoms with Crippen molar-refractivity contribution in [1.82, 2.24) is 0 Å². The Bertz CT molecular complexity index is 504. The van der Waals surface area contributed by atoms with Gasteiger partial charge in [-0.15, -0.1) is 0 Å². The van der Waals surface area contributed by atoms with Crippen LogP contribution in [0.5, 0.6) is 0 Å². The van der Waals surface area contributed by atoms with Crippen LogP contribution in [0.3, 0.4) is 0 Å². The summed E-state index contributed by atoms with van der Waals surface area (Å²) in [7, 11) is -1.60. The van der Waals surface area contributed by atoms with Gasteiger partial charge in [-0.1, -0.05) is 36.8 Å². The summed E-state index contributed by atoms with van der Waals surface area (Å²) in [5.41, 5.74) is 1.20. The third-order valence-electron chi connectivity index (χ3n) is 4.23. The lowest BCUT2D eigenvalue weighted by molar-refractivity contribution is 0.322. The van der Waals surface area contributed by atoms with Gasteiger partial charge in [0.05, 0.1) is 12.2 Å². The lowest BCUT2D eigenvalue weighted by Gasteiger charge is -2.23. The molecular weight excluding hydrogens is 276 g/mol. The first kappa shape index (κ1) is 14.9. The Kier molecular flexibility index (Phi) is 4.23. The average molecular weight is 302 g/mol. The molecule has 1 aromatic carbocycles. The molecule has 1 aromatic rings. The molecule has 0 aromatic heterocycles. The molecule has 21 heavy (non-hydrogen) atoms. The number of fused-ring (bicyclic) bond motifs is 1. The maximum absolute atomic E-state index is 6.32. The van der Waals surface area contributed by atoms with Crippen molar-refractivity contribution in [2.75, 3.05) is 0 Å². The van der Waals surface area contributed by atoms with E-state index in [-0.39, 0.29) is 0 Å². The Morgan fingerprint density at radius 2 is 2.00 bits per heavy atom. The molecule has 0 radical (unpaired) electrons. The predicted octanol–water partition coefficient (Wildman–Crippen LogP) is 4.84. The van der Waals surface area contributed by atoms with Gasteiger partial charge in [-0.05, 0) is 50.9 Å². The van der Waals surface area contributed by atoms with Crippen molar-refractivity contribution in [3.63, 3.8) is 0 Å². The third kappa shape index (κ3) is 3.98. The van der Waals surface area contributed by atoms with E-state index in [2.05, 4.69) is 56.0 Å². The summed E-state index contributed by atoms with van der Waals surface area (Å²) in [6.45, 7) is 6.72. The van der Waals surface area contributed by atoms with Crippen LogP contribution < -0.4 is 0 Å². The number of ether oxygens (including phenoxy) is 1. The Balaban J connectivity index is 1.73. The van der Waals surface area contributed by atoms with Crippen molar-refractivity contribution in [2.45, 2.75) is 57.5 Å². The first-order valence-corrected chi connectivity index (χ1v) is 11.5. The van der Waals surface area contributed by atoms with Crippen LogP contribution in [0.4, 0.5) is 0 Å². The van der Waals surface area contributed by atoms with Gasteiger partial charge in [0.25, 0.3) is 0 Å².